The summed E-state index contributed by atoms with van der Waals surface area (Å²) >= 11 is 3.46. The molecule has 0 radical (unpaired) electrons. The van der Waals surface area contributed by atoms with Crippen LogP contribution in [0.5, 0.6) is 0 Å². The lowest BCUT2D eigenvalue weighted by Crippen LogP contribution is -2.39. The molecule has 0 unspecified atom stereocenters. The molecule has 0 spiro atoms. The van der Waals surface area contributed by atoms with Crippen LogP contribution >= 0.6 is 15.9 Å². The van der Waals surface area contributed by atoms with Crippen molar-refractivity contribution in [1.29, 1.82) is 0 Å². The molecule has 0 aliphatic carbocycles. The van der Waals surface area contributed by atoms with Crippen molar-refractivity contribution in [3.05, 3.63) is 52.8 Å². The minimum Gasteiger partial charge on any atom is -0.356 e. The van der Waals surface area contributed by atoms with E-state index in [0.29, 0.717) is 0 Å². The van der Waals surface area contributed by atoms with Gasteiger partial charge in [0, 0.05) is 50.6 Å². The van der Waals surface area contributed by atoms with Gasteiger partial charge in [-0.15, -0.1) is 0 Å². The number of rotatable bonds is 6. The zero-order chi connectivity index (χ0) is 15.8. The van der Waals surface area contributed by atoms with E-state index < -0.39 is 0 Å². The molecule has 0 bridgehead atoms. The summed E-state index contributed by atoms with van der Waals surface area (Å²) in [6.45, 7) is 2.61. The first-order chi connectivity index (χ1) is 10.7. The van der Waals surface area contributed by atoms with Crippen LogP contribution in [0, 0.1) is 0 Å². The third-order valence-electron chi connectivity index (χ3n) is 3.31. The quantitative estimate of drug-likeness (QED) is 0.487. The lowest BCUT2D eigenvalue weighted by atomic mass is 10.2. The first kappa shape index (κ1) is 16.5. The fourth-order valence-corrected chi connectivity index (χ4v) is 2.46. The molecule has 0 saturated heterocycles. The highest BCUT2D eigenvalue weighted by molar-refractivity contribution is 9.10. The molecule has 0 saturated carbocycles. The lowest BCUT2D eigenvalue weighted by Gasteiger charge is -2.22. The summed E-state index contributed by atoms with van der Waals surface area (Å²) in [5.41, 5.74) is 1.25. The van der Waals surface area contributed by atoms with Crippen molar-refractivity contribution < 1.29 is 0 Å². The minimum absolute atomic E-state index is 0.826. The molecular formula is C16H22BrN5. The maximum absolute atomic E-state index is 4.34. The maximum atomic E-state index is 4.34. The summed E-state index contributed by atoms with van der Waals surface area (Å²) in [6, 6.07) is 10.3. The third-order valence-corrected chi connectivity index (χ3v) is 3.84. The van der Waals surface area contributed by atoms with Crippen LogP contribution in [0.1, 0.15) is 12.0 Å². The van der Waals surface area contributed by atoms with Gasteiger partial charge in [-0.1, -0.05) is 28.1 Å². The van der Waals surface area contributed by atoms with E-state index >= 15 is 0 Å². The summed E-state index contributed by atoms with van der Waals surface area (Å²) in [5, 5.41) is 7.58. The lowest BCUT2D eigenvalue weighted by molar-refractivity contribution is 0.471. The van der Waals surface area contributed by atoms with Crippen molar-refractivity contribution in [2.24, 2.45) is 4.99 Å². The van der Waals surface area contributed by atoms with Gasteiger partial charge in [0.15, 0.2) is 5.96 Å². The van der Waals surface area contributed by atoms with Crippen LogP contribution in [0.4, 0.5) is 0 Å². The van der Waals surface area contributed by atoms with Crippen LogP contribution in [0.15, 0.2) is 52.2 Å². The Morgan fingerprint density at radius 1 is 1.36 bits per heavy atom. The fourth-order valence-electron chi connectivity index (χ4n) is 2.20. The number of hydrogen-bond acceptors (Lipinski definition) is 2. The van der Waals surface area contributed by atoms with Gasteiger partial charge >= 0.3 is 0 Å². The van der Waals surface area contributed by atoms with Crippen LogP contribution in [-0.2, 0) is 13.1 Å². The van der Waals surface area contributed by atoms with Crippen LogP contribution < -0.4 is 5.32 Å². The third kappa shape index (κ3) is 5.18. The van der Waals surface area contributed by atoms with E-state index in [1.165, 1.54) is 5.56 Å². The molecule has 22 heavy (non-hydrogen) atoms. The highest BCUT2D eigenvalue weighted by atomic mass is 79.9. The smallest absolute Gasteiger partial charge is 0.193 e. The van der Waals surface area contributed by atoms with Gasteiger partial charge in [-0.2, -0.15) is 5.10 Å². The molecule has 1 heterocycles. The number of aryl methyl sites for hydroxylation is 1. The topological polar surface area (TPSA) is 45.5 Å². The molecule has 0 amide bonds. The molecule has 1 N–H and O–H groups in total. The predicted octanol–water partition coefficient (Wildman–Crippen LogP) is 2.74. The summed E-state index contributed by atoms with van der Waals surface area (Å²) in [4.78, 5) is 6.46. The second-order valence-electron chi connectivity index (χ2n) is 5.08. The SMILES string of the molecule is CN=C(NCCCn1cccn1)N(C)Cc1ccc(Br)cc1. The molecule has 6 heteroatoms. The van der Waals surface area contributed by atoms with Crippen molar-refractivity contribution in [2.75, 3.05) is 20.6 Å². The fraction of sp³-hybridized carbons (Fsp3) is 0.375. The van der Waals surface area contributed by atoms with Gasteiger partial charge in [0.1, 0.15) is 0 Å². The Morgan fingerprint density at radius 3 is 2.77 bits per heavy atom. The largest absolute Gasteiger partial charge is 0.356 e. The minimum atomic E-state index is 0.826. The number of nitrogens with zero attached hydrogens (tertiary/aromatic N) is 4. The number of guanidine groups is 1. The van der Waals surface area contributed by atoms with Gasteiger partial charge in [0.05, 0.1) is 0 Å². The number of hydrogen-bond donors (Lipinski definition) is 1. The van der Waals surface area contributed by atoms with Gasteiger partial charge in [-0.05, 0) is 30.2 Å². The van der Waals surface area contributed by atoms with E-state index in [0.717, 1.165) is 36.5 Å². The van der Waals surface area contributed by atoms with Gasteiger partial charge in [0.25, 0.3) is 0 Å². The van der Waals surface area contributed by atoms with Crippen molar-refractivity contribution in [2.45, 2.75) is 19.5 Å². The highest BCUT2D eigenvalue weighted by Crippen LogP contribution is 2.11. The molecule has 0 aliphatic rings. The second kappa shape index (κ2) is 8.58. The Hall–Kier alpha value is -1.82. The average Bonchev–Trinajstić information content (AvgIpc) is 3.03. The zero-order valence-corrected chi connectivity index (χ0v) is 14.6. The van der Waals surface area contributed by atoms with E-state index in [9.17, 15) is 0 Å². The van der Waals surface area contributed by atoms with Gasteiger partial charge in [0.2, 0.25) is 0 Å². The molecule has 118 valence electrons. The Labute approximate surface area is 140 Å². The summed E-state index contributed by atoms with van der Waals surface area (Å²) in [5.74, 6) is 0.906. The molecular weight excluding hydrogens is 342 g/mol. The van der Waals surface area contributed by atoms with Crippen molar-refractivity contribution in [3.8, 4) is 0 Å². The first-order valence-corrected chi connectivity index (χ1v) is 8.12. The summed E-state index contributed by atoms with van der Waals surface area (Å²) in [6.07, 6.45) is 4.79. The Bertz CT molecular complexity index is 577. The monoisotopic (exact) mass is 363 g/mol. The van der Waals surface area contributed by atoms with Gasteiger partial charge in [-0.3, -0.25) is 9.67 Å². The Kier molecular flexibility index (Phi) is 6.45. The summed E-state index contributed by atoms with van der Waals surface area (Å²) < 4.78 is 3.04. The number of nitrogens with one attached hydrogen (secondary N) is 1. The average molecular weight is 364 g/mol. The zero-order valence-electron chi connectivity index (χ0n) is 13.0. The molecule has 0 aliphatic heterocycles. The normalized spacial score (nSPS) is 11.5. The number of benzene rings is 1. The van der Waals surface area contributed by atoms with Crippen molar-refractivity contribution in [3.63, 3.8) is 0 Å². The molecule has 5 nitrogen and oxygen atoms in total. The van der Waals surface area contributed by atoms with Gasteiger partial charge in [-0.25, -0.2) is 0 Å². The van der Waals surface area contributed by atoms with E-state index in [4.69, 9.17) is 0 Å². The van der Waals surface area contributed by atoms with E-state index in [-0.39, 0.29) is 0 Å². The Balaban J connectivity index is 1.76. The van der Waals surface area contributed by atoms with Crippen LogP contribution in [0.2, 0.25) is 0 Å². The van der Waals surface area contributed by atoms with Crippen molar-refractivity contribution in [1.82, 2.24) is 20.0 Å². The molecule has 2 aromatic rings. The first-order valence-electron chi connectivity index (χ1n) is 7.32. The van der Waals surface area contributed by atoms with Crippen LogP contribution in [0.25, 0.3) is 0 Å². The summed E-state index contributed by atoms with van der Waals surface area (Å²) in [7, 11) is 3.86. The van der Waals surface area contributed by atoms with E-state index in [1.807, 2.05) is 31.0 Å². The number of aliphatic imine (C=N–C) groups is 1. The molecule has 1 aromatic heterocycles. The Morgan fingerprint density at radius 2 is 2.14 bits per heavy atom. The van der Waals surface area contributed by atoms with Gasteiger partial charge < -0.3 is 10.2 Å². The van der Waals surface area contributed by atoms with E-state index in [1.54, 1.807) is 6.20 Å². The van der Waals surface area contributed by atoms with E-state index in [2.05, 4.69) is 60.5 Å². The molecule has 0 atom stereocenters. The van der Waals surface area contributed by atoms with Crippen molar-refractivity contribution >= 4 is 21.9 Å². The number of halogens is 1. The predicted molar refractivity (Wildman–Crippen MR) is 93.8 cm³/mol. The number of aromatic nitrogens is 2. The highest BCUT2D eigenvalue weighted by Gasteiger charge is 2.06. The van der Waals surface area contributed by atoms with Crippen LogP contribution in [0.3, 0.4) is 0 Å². The maximum Gasteiger partial charge on any atom is 0.193 e. The second-order valence-corrected chi connectivity index (χ2v) is 5.99. The molecule has 0 fully saturated rings. The molecule has 1 aromatic carbocycles. The van der Waals surface area contributed by atoms with Crippen LogP contribution in [-0.4, -0.2) is 41.3 Å². The standard InChI is InChI=1S/C16H22BrN5/c1-18-16(19-9-3-11-22-12-4-10-20-22)21(2)13-14-5-7-15(17)8-6-14/h4-8,10,12H,3,9,11,13H2,1-2H3,(H,18,19). The molecule has 2 rings (SSSR count).